The van der Waals surface area contributed by atoms with Crippen LogP contribution in [-0.2, 0) is 4.74 Å². The third-order valence-corrected chi connectivity index (χ3v) is 4.05. The van der Waals surface area contributed by atoms with E-state index < -0.39 is 17.0 Å². The van der Waals surface area contributed by atoms with E-state index in [0.29, 0.717) is 18.0 Å². The molecule has 1 aromatic heterocycles. The van der Waals surface area contributed by atoms with Gasteiger partial charge in [-0.05, 0) is 30.3 Å². The molecule has 0 radical (unpaired) electrons. The first-order valence-corrected chi connectivity index (χ1v) is 9.41. The highest BCUT2D eigenvalue weighted by Crippen LogP contribution is 2.22. The van der Waals surface area contributed by atoms with Crippen molar-refractivity contribution in [2.24, 2.45) is 5.10 Å². The SMILES string of the molecule is Nc1ccc(C(=O)Oc2ccccc2)c(O)c1.O=C1OCCN1N=Cc1ccc([N+](=O)[O-])o1. The number of furan rings is 1. The third-order valence-electron chi connectivity index (χ3n) is 4.05. The van der Waals surface area contributed by atoms with Crippen molar-refractivity contribution in [3.8, 4) is 11.5 Å². The second-order valence-corrected chi connectivity index (χ2v) is 6.39. The number of rotatable bonds is 5. The minimum atomic E-state index is -0.651. The largest absolute Gasteiger partial charge is 0.507 e. The maximum atomic E-state index is 11.7. The number of nitro groups is 1. The zero-order valence-corrected chi connectivity index (χ0v) is 17.0. The molecule has 0 aliphatic carbocycles. The fourth-order valence-electron chi connectivity index (χ4n) is 2.50. The first kappa shape index (κ1) is 22.8. The van der Waals surface area contributed by atoms with Crippen LogP contribution >= 0.6 is 0 Å². The van der Waals surface area contributed by atoms with Crippen LogP contribution in [0.4, 0.5) is 16.4 Å². The van der Waals surface area contributed by atoms with E-state index in [-0.39, 0.29) is 29.6 Å². The molecule has 3 aromatic rings. The van der Waals surface area contributed by atoms with E-state index in [9.17, 15) is 24.8 Å². The Labute approximate surface area is 186 Å². The van der Waals surface area contributed by atoms with Crippen molar-refractivity contribution in [2.75, 3.05) is 18.9 Å². The molecular formula is C21H18N4O8. The van der Waals surface area contributed by atoms with Crippen molar-refractivity contribution in [3.05, 3.63) is 82.1 Å². The number of benzene rings is 2. The summed E-state index contributed by atoms with van der Waals surface area (Å²) < 4.78 is 14.5. The topological polar surface area (TPSA) is 171 Å². The molecule has 0 saturated carbocycles. The van der Waals surface area contributed by atoms with Gasteiger partial charge in [0.25, 0.3) is 0 Å². The Bertz CT molecular complexity index is 1180. The molecule has 4 rings (SSSR count). The number of cyclic esters (lactones) is 1. The van der Waals surface area contributed by atoms with Gasteiger partial charge in [-0.2, -0.15) is 10.1 Å². The summed E-state index contributed by atoms with van der Waals surface area (Å²) in [6.45, 7) is 0.645. The molecule has 1 aliphatic rings. The van der Waals surface area contributed by atoms with Gasteiger partial charge in [-0.1, -0.05) is 18.2 Å². The molecule has 0 unspecified atom stereocenters. The normalized spacial score (nSPS) is 12.7. The van der Waals surface area contributed by atoms with Crippen LogP contribution in [0.15, 0.2) is 70.2 Å². The van der Waals surface area contributed by atoms with Gasteiger partial charge in [0.1, 0.15) is 28.6 Å². The van der Waals surface area contributed by atoms with Crippen molar-refractivity contribution in [1.29, 1.82) is 0 Å². The van der Waals surface area contributed by atoms with E-state index in [1.54, 1.807) is 24.3 Å². The lowest BCUT2D eigenvalue weighted by Gasteiger charge is -2.06. The van der Waals surface area contributed by atoms with E-state index in [1.807, 2.05) is 6.07 Å². The summed E-state index contributed by atoms with van der Waals surface area (Å²) in [7, 11) is 0. The summed E-state index contributed by atoms with van der Waals surface area (Å²) in [5.74, 6) is -0.551. The van der Waals surface area contributed by atoms with E-state index in [4.69, 9.17) is 14.9 Å². The van der Waals surface area contributed by atoms with Crippen LogP contribution in [0.1, 0.15) is 16.1 Å². The second kappa shape index (κ2) is 10.4. The highest BCUT2D eigenvalue weighted by atomic mass is 16.6. The van der Waals surface area contributed by atoms with E-state index in [1.165, 1.54) is 36.5 Å². The summed E-state index contributed by atoms with van der Waals surface area (Å²) in [4.78, 5) is 32.3. The molecule has 12 nitrogen and oxygen atoms in total. The van der Waals surface area contributed by atoms with Gasteiger partial charge in [0.2, 0.25) is 0 Å². The lowest BCUT2D eigenvalue weighted by atomic mass is 10.2. The Balaban J connectivity index is 0.000000186. The molecule has 3 N–H and O–H groups in total. The smallest absolute Gasteiger partial charge is 0.433 e. The molecule has 0 atom stereocenters. The van der Waals surface area contributed by atoms with Crippen LogP contribution in [0, 0.1) is 10.1 Å². The summed E-state index contributed by atoms with van der Waals surface area (Å²) in [5, 5.41) is 24.7. The number of hydrogen-bond donors (Lipinski definition) is 2. The molecule has 1 saturated heterocycles. The molecule has 1 fully saturated rings. The van der Waals surface area contributed by atoms with Gasteiger partial charge in [0, 0.05) is 11.8 Å². The number of amides is 1. The van der Waals surface area contributed by atoms with E-state index in [2.05, 4.69) is 9.84 Å². The number of carbonyl (C=O) groups excluding carboxylic acids is 2. The number of nitrogen functional groups attached to an aromatic ring is 1. The average molecular weight is 454 g/mol. The number of ether oxygens (including phenoxy) is 2. The first-order chi connectivity index (χ1) is 15.8. The van der Waals surface area contributed by atoms with Crippen LogP contribution in [0.2, 0.25) is 0 Å². The van der Waals surface area contributed by atoms with Gasteiger partial charge >= 0.3 is 17.9 Å². The number of hydrazone groups is 1. The van der Waals surface area contributed by atoms with Gasteiger partial charge in [0.15, 0.2) is 5.76 Å². The van der Waals surface area contributed by atoms with Crippen molar-refractivity contribution in [2.45, 2.75) is 0 Å². The van der Waals surface area contributed by atoms with Crippen molar-refractivity contribution >= 4 is 29.8 Å². The highest BCUT2D eigenvalue weighted by molar-refractivity contribution is 5.94. The number of anilines is 1. The Morgan fingerprint density at radius 1 is 1.21 bits per heavy atom. The number of nitrogens with two attached hydrogens (primary N) is 1. The minimum Gasteiger partial charge on any atom is -0.507 e. The predicted octanol–water partition coefficient (Wildman–Crippen LogP) is 3.17. The van der Waals surface area contributed by atoms with Crippen LogP contribution in [-0.4, -0.2) is 46.5 Å². The van der Waals surface area contributed by atoms with Crippen LogP contribution < -0.4 is 10.5 Å². The number of hydrogen-bond acceptors (Lipinski definition) is 10. The molecule has 1 amide bonds. The fraction of sp³-hybridized carbons (Fsp3) is 0.0952. The number of carbonyl (C=O) groups is 2. The maximum Gasteiger partial charge on any atom is 0.433 e. The van der Waals surface area contributed by atoms with Gasteiger partial charge in [-0.25, -0.2) is 9.59 Å². The number of aromatic hydroxyl groups is 1. The van der Waals surface area contributed by atoms with Crippen molar-refractivity contribution in [1.82, 2.24) is 5.01 Å². The minimum absolute atomic E-state index is 0.0862. The lowest BCUT2D eigenvalue weighted by Crippen LogP contribution is -2.17. The van der Waals surface area contributed by atoms with Gasteiger partial charge in [0.05, 0.1) is 18.8 Å². The Morgan fingerprint density at radius 3 is 2.58 bits per heavy atom. The standard InChI is InChI=1S/C13H11NO3.C8H7N3O5/c14-9-6-7-11(12(15)8-9)13(16)17-10-4-2-1-3-5-10;12-8-10(3-4-15-8)9-5-6-1-2-7(16-6)11(13)14/h1-8,15H,14H2;1-2,5H,3-4H2. The molecule has 0 spiro atoms. The molecule has 2 heterocycles. The molecule has 170 valence electrons. The number of para-hydroxylation sites is 1. The van der Waals surface area contributed by atoms with Crippen LogP contribution in [0.5, 0.6) is 11.5 Å². The lowest BCUT2D eigenvalue weighted by molar-refractivity contribution is -0.402. The van der Waals surface area contributed by atoms with Crippen molar-refractivity contribution < 1.29 is 33.5 Å². The second-order valence-electron chi connectivity index (χ2n) is 6.39. The van der Waals surface area contributed by atoms with Crippen LogP contribution in [0.3, 0.4) is 0 Å². The van der Waals surface area contributed by atoms with E-state index >= 15 is 0 Å². The average Bonchev–Trinajstić information content (AvgIpc) is 3.42. The van der Waals surface area contributed by atoms with Crippen LogP contribution in [0.25, 0.3) is 0 Å². The molecule has 12 heteroatoms. The summed E-state index contributed by atoms with van der Waals surface area (Å²) in [5.41, 5.74) is 5.94. The number of nitrogens with zero attached hydrogens (tertiary/aromatic N) is 3. The fourth-order valence-corrected chi connectivity index (χ4v) is 2.50. The predicted molar refractivity (Wildman–Crippen MR) is 115 cm³/mol. The zero-order chi connectivity index (χ0) is 23.8. The molecule has 1 aliphatic heterocycles. The number of esters is 1. The summed E-state index contributed by atoms with van der Waals surface area (Å²) in [6.07, 6.45) is 0.678. The zero-order valence-electron chi connectivity index (χ0n) is 17.0. The third kappa shape index (κ3) is 6.30. The van der Waals surface area contributed by atoms with Gasteiger partial charge in [-0.3, -0.25) is 10.1 Å². The summed E-state index contributed by atoms with van der Waals surface area (Å²) >= 11 is 0. The Morgan fingerprint density at radius 2 is 1.97 bits per heavy atom. The molecular weight excluding hydrogens is 436 g/mol. The van der Waals surface area contributed by atoms with E-state index in [0.717, 1.165) is 5.01 Å². The Kier molecular flexibility index (Phi) is 7.21. The van der Waals surface area contributed by atoms with Gasteiger partial charge in [-0.15, -0.1) is 0 Å². The molecule has 33 heavy (non-hydrogen) atoms. The van der Waals surface area contributed by atoms with Crippen molar-refractivity contribution in [3.63, 3.8) is 0 Å². The Hall–Kier alpha value is -4.87. The van der Waals surface area contributed by atoms with Gasteiger partial charge < -0.3 is 24.7 Å². The highest BCUT2D eigenvalue weighted by Gasteiger charge is 2.21. The monoisotopic (exact) mass is 454 g/mol. The number of phenolic OH excluding ortho intramolecular Hbond substituents is 1. The maximum absolute atomic E-state index is 11.7. The first-order valence-electron chi connectivity index (χ1n) is 9.41. The summed E-state index contributed by atoms with van der Waals surface area (Å²) in [6, 6.07) is 15.5. The molecule has 0 bridgehead atoms. The quantitative estimate of drug-likeness (QED) is 0.147. The number of phenols is 1. The molecule has 2 aromatic carbocycles.